The van der Waals surface area contributed by atoms with Crippen molar-refractivity contribution < 1.29 is 4.74 Å². The highest BCUT2D eigenvalue weighted by Gasteiger charge is 2.36. The molecule has 4 nitrogen and oxygen atoms in total. The van der Waals surface area contributed by atoms with E-state index in [4.69, 9.17) is 4.74 Å². The normalized spacial score (nSPS) is 30.6. The Labute approximate surface area is 99.6 Å². The highest BCUT2D eigenvalue weighted by molar-refractivity contribution is 7.11. The molecule has 1 aromatic heterocycles. The van der Waals surface area contributed by atoms with Gasteiger partial charge in [-0.15, -0.1) is 21.5 Å². The van der Waals surface area contributed by atoms with Crippen molar-refractivity contribution in [3.8, 4) is 0 Å². The summed E-state index contributed by atoms with van der Waals surface area (Å²) in [5.41, 5.74) is 0. The summed E-state index contributed by atoms with van der Waals surface area (Å²) in [7, 11) is 0. The summed E-state index contributed by atoms with van der Waals surface area (Å²) < 4.78 is 5.59. The van der Waals surface area contributed by atoms with Crippen LogP contribution in [0, 0.1) is 12.8 Å². The van der Waals surface area contributed by atoms with Crippen LogP contribution in [-0.2, 0) is 11.3 Å². The van der Waals surface area contributed by atoms with E-state index in [1.807, 2.05) is 6.92 Å². The number of piperidine rings is 1. The van der Waals surface area contributed by atoms with Crippen molar-refractivity contribution in [3.05, 3.63) is 10.0 Å². The molecule has 0 spiro atoms. The minimum atomic E-state index is 0.623. The van der Waals surface area contributed by atoms with E-state index in [-0.39, 0.29) is 0 Å². The van der Waals surface area contributed by atoms with Gasteiger partial charge in [0.2, 0.25) is 0 Å². The van der Waals surface area contributed by atoms with Gasteiger partial charge in [-0.05, 0) is 26.3 Å². The Morgan fingerprint density at radius 3 is 3.19 bits per heavy atom. The molecule has 0 aliphatic carbocycles. The number of fused-ring (bicyclic) bond motifs is 1. The Kier molecular flexibility index (Phi) is 2.91. The lowest BCUT2D eigenvalue weighted by Gasteiger charge is -2.35. The topological polar surface area (TPSA) is 38.2 Å². The number of hydrogen-bond donors (Lipinski definition) is 0. The van der Waals surface area contributed by atoms with Crippen LogP contribution in [0.3, 0.4) is 0 Å². The van der Waals surface area contributed by atoms with Gasteiger partial charge >= 0.3 is 0 Å². The maximum absolute atomic E-state index is 5.59. The number of hydrogen-bond acceptors (Lipinski definition) is 5. The quantitative estimate of drug-likeness (QED) is 0.783. The van der Waals surface area contributed by atoms with Gasteiger partial charge in [0.25, 0.3) is 0 Å². The molecule has 2 aliphatic rings. The Bertz CT molecular complexity index is 368. The van der Waals surface area contributed by atoms with Crippen LogP contribution in [0.1, 0.15) is 22.9 Å². The van der Waals surface area contributed by atoms with Gasteiger partial charge in [-0.1, -0.05) is 0 Å². The van der Waals surface area contributed by atoms with Crippen LogP contribution in [0.25, 0.3) is 0 Å². The predicted molar refractivity (Wildman–Crippen MR) is 62.4 cm³/mol. The molecule has 2 aliphatic heterocycles. The molecule has 3 heterocycles. The molecule has 0 N–H and O–H groups in total. The largest absolute Gasteiger partial charge is 0.379 e. The molecule has 88 valence electrons. The van der Waals surface area contributed by atoms with Crippen LogP contribution in [-0.4, -0.2) is 40.9 Å². The maximum atomic E-state index is 5.59. The fraction of sp³-hybridized carbons (Fsp3) is 0.818. The molecule has 3 rings (SSSR count). The first-order valence-electron chi connectivity index (χ1n) is 5.94. The maximum Gasteiger partial charge on any atom is 0.131 e. The van der Waals surface area contributed by atoms with Crippen molar-refractivity contribution in [2.45, 2.75) is 32.4 Å². The van der Waals surface area contributed by atoms with Crippen molar-refractivity contribution in [2.24, 2.45) is 5.92 Å². The van der Waals surface area contributed by atoms with Crippen LogP contribution >= 0.6 is 11.3 Å². The molecule has 2 atom stereocenters. The first-order valence-corrected chi connectivity index (χ1v) is 6.75. The van der Waals surface area contributed by atoms with E-state index >= 15 is 0 Å². The van der Waals surface area contributed by atoms with Crippen LogP contribution in [0.2, 0.25) is 0 Å². The summed E-state index contributed by atoms with van der Waals surface area (Å²) in [6.07, 6.45) is 2.62. The molecule has 2 saturated heterocycles. The van der Waals surface area contributed by atoms with Gasteiger partial charge in [0.1, 0.15) is 10.0 Å². The number of ether oxygens (including phenoxy) is 1. The van der Waals surface area contributed by atoms with Crippen LogP contribution in [0.5, 0.6) is 0 Å². The Balaban J connectivity index is 1.69. The fourth-order valence-corrected chi connectivity index (χ4v) is 3.50. The Morgan fingerprint density at radius 2 is 2.38 bits per heavy atom. The highest BCUT2D eigenvalue weighted by Crippen LogP contribution is 2.30. The molecule has 0 saturated carbocycles. The summed E-state index contributed by atoms with van der Waals surface area (Å²) in [5, 5.41) is 10.5. The summed E-state index contributed by atoms with van der Waals surface area (Å²) in [5.74, 6) is 0.753. The van der Waals surface area contributed by atoms with Crippen LogP contribution < -0.4 is 0 Å². The average Bonchev–Trinajstić information content (AvgIpc) is 2.87. The summed E-state index contributed by atoms with van der Waals surface area (Å²) >= 11 is 1.71. The minimum Gasteiger partial charge on any atom is -0.379 e. The first-order chi connectivity index (χ1) is 7.83. The van der Waals surface area contributed by atoms with E-state index in [1.165, 1.54) is 19.4 Å². The molecule has 5 heteroatoms. The molecule has 2 fully saturated rings. The number of likely N-dealkylation sites (tertiary alicyclic amines) is 1. The third-order valence-corrected chi connectivity index (χ3v) is 4.38. The molecular formula is C11H17N3OS. The molecule has 16 heavy (non-hydrogen) atoms. The van der Waals surface area contributed by atoms with Gasteiger partial charge in [0.15, 0.2) is 0 Å². The molecule has 0 bridgehead atoms. The van der Waals surface area contributed by atoms with Gasteiger partial charge in [-0.2, -0.15) is 0 Å². The molecule has 0 radical (unpaired) electrons. The van der Waals surface area contributed by atoms with Crippen molar-refractivity contribution in [2.75, 3.05) is 19.8 Å². The summed E-state index contributed by atoms with van der Waals surface area (Å²) in [4.78, 5) is 2.53. The van der Waals surface area contributed by atoms with Gasteiger partial charge in [0.05, 0.1) is 19.8 Å². The lowest BCUT2D eigenvalue weighted by molar-refractivity contribution is 0.109. The molecule has 0 amide bonds. The molecule has 0 unspecified atom stereocenters. The van der Waals surface area contributed by atoms with Crippen LogP contribution in [0.4, 0.5) is 0 Å². The number of rotatable bonds is 2. The molecular weight excluding hydrogens is 222 g/mol. The van der Waals surface area contributed by atoms with Gasteiger partial charge < -0.3 is 4.74 Å². The van der Waals surface area contributed by atoms with E-state index in [9.17, 15) is 0 Å². The van der Waals surface area contributed by atoms with Crippen molar-refractivity contribution in [3.63, 3.8) is 0 Å². The molecule has 1 aromatic rings. The predicted octanol–water partition coefficient (Wildman–Crippen LogP) is 1.46. The zero-order chi connectivity index (χ0) is 11.0. The minimum absolute atomic E-state index is 0.623. The number of aromatic nitrogens is 2. The smallest absolute Gasteiger partial charge is 0.131 e. The lowest BCUT2D eigenvalue weighted by Crippen LogP contribution is -2.44. The number of nitrogens with zero attached hydrogens (tertiary/aromatic N) is 3. The van der Waals surface area contributed by atoms with Gasteiger partial charge in [-0.3, -0.25) is 4.90 Å². The average molecular weight is 239 g/mol. The third kappa shape index (κ3) is 1.99. The monoisotopic (exact) mass is 239 g/mol. The summed E-state index contributed by atoms with van der Waals surface area (Å²) in [6.45, 7) is 6.01. The van der Waals surface area contributed by atoms with E-state index in [0.29, 0.717) is 6.04 Å². The Morgan fingerprint density at radius 1 is 1.44 bits per heavy atom. The zero-order valence-electron chi connectivity index (χ0n) is 9.56. The van der Waals surface area contributed by atoms with Crippen LogP contribution in [0.15, 0.2) is 0 Å². The van der Waals surface area contributed by atoms with Gasteiger partial charge in [-0.25, -0.2) is 0 Å². The second-order valence-electron chi connectivity index (χ2n) is 4.69. The van der Waals surface area contributed by atoms with E-state index in [0.717, 1.165) is 35.7 Å². The van der Waals surface area contributed by atoms with Crippen molar-refractivity contribution in [1.82, 2.24) is 15.1 Å². The standard InChI is InChI=1S/C11H17N3OS/c1-8-12-13-11(16-8)5-14-4-2-3-9-6-15-7-10(9)14/h9-10H,2-7H2,1H3/t9-,10+/m1/s1. The Hall–Kier alpha value is -0.520. The van der Waals surface area contributed by atoms with E-state index in [2.05, 4.69) is 15.1 Å². The lowest BCUT2D eigenvalue weighted by atomic mass is 9.92. The van der Waals surface area contributed by atoms with Crippen molar-refractivity contribution >= 4 is 11.3 Å². The van der Waals surface area contributed by atoms with Gasteiger partial charge in [0, 0.05) is 12.0 Å². The molecule has 0 aromatic carbocycles. The SMILES string of the molecule is Cc1nnc(CN2CCC[C@@H]3COC[C@@H]32)s1. The number of aryl methyl sites for hydroxylation is 1. The fourth-order valence-electron chi connectivity index (χ4n) is 2.76. The summed E-state index contributed by atoms with van der Waals surface area (Å²) in [6, 6.07) is 0.623. The second-order valence-corrected chi connectivity index (χ2v) is 5.96. The first kappa shape index (κ1) is 10.6. The third-order valence-electron chi connectivity index (χ3n) is 3.56. The second kappa shape index (κ2) is 4.39. The zero-order valence-corrected chi connectivity index (χ0v) is 10.4. The highest BCUT2D eigenvalue weighted by atomic mass is 32.1. The van der Waals surface area contributed by atoms with E-state index in [1.54, 1.807) is 11.3 Å². The van der Waals surface area contributed by atoms with E-state index < -0.39 is 0 Å². The van der Waals surface area contributed by atoms with Crippen molar-refractivity contribution in [1.29, 1.82) is 0 Å².